The first-order valence-electron chi connectivity index (χ1n) is 4.10. The third-order valence-corrected chi connectivity index (χ3v) is 2.82. The lowest BCUT2D eigenvalue weighted by molar-refractivity contribution is 0.602. The summed E-state index contributed by atoms with van der Waals surface area (Å²) in [6.07, 6.45) is 4.48. The Morgan fingerprint density at radius 3 is 2.45 bits per heavy atom. The van der Waals surface area contributed by atoms with Crippen molar-refractivity contribution < 1.29 is 8.42 Å². The largest absolute Gasteiger partial charge is 0.224 e. The van der Waals surface area contributed by atoms with Gasteiger partial charge in [-0.3, -0.25) is 0 Å². The molecule has 11 heavy (non-hydrogen) atoms. The first-order chi connectivity index (χ1) is 5.21. The van der Waals surface area contributed by atoms with E-state index in [2.05, 4.69) is 0 Å². The van der Waals surface area contributed by atoms with E-state index in [0.29, 0.717) is 5.75 Å². The van der Waals surface area contributed by atoms with E-state index in [1.807, 2.05) is 13.8 Å². The van der Waals surface area contributed by atoms with E-state index in [9.17, 15) is 8.42 Å². The average Bonchev–Trinajstić information content (AvgIpc) is 2.17. The molecule has 1 aliphatic heterocycles. The number of hydrogen-bond acceptors (Lipinski definition) is 2. The third kappa shape index (κ3) is 5.01. The van der Waals surface area contributed by atoms with Crippen LogP contribution in [0.4, 0.5) is 0 Å². The molecular formula is C8H16O2S. The molecule has 0 unspecified atom stereocenters. The highest BCUT2D eigenvalue weighted by atomic mass is 32.2. The highest BCUT2D eigenvalue weighted by Crippen LogP contribution is 2.07. The molecule has 0 saturated carbocycles. The monoisotopic (exact) mass is 176 g/mol. The van der Waals surface area contributed by atoms with Crippen molar-refractivity contribution >= 4 is 9.84 Å². The van der Waals surface area contributed by atoms with Gasteiger partial charge in [-0.25, -0.2) is 8.42 Å². The minimum Gasteiger partial charge on any atom is -0.224 e. The van der Waals surface area contributed by atoms with Crippen molar-refractivity contribution in [1.82, 2.24) is 0 Å². The molecule has 2 nitrogen and oxygen atoms in total. The molecule has 0 amide bonds. The topological polar surface area (TPSA) is 34.1 Å². The van der Waals surface area contributed by atoms with Crippen molar-refractivity contribution in [2.45, 2.75) is 33.1 Å². The molecule has 0 fully saturated rings. The van der Waals surface area contributed by atoms with Crippen LogP contribution in [0.15, 0.2) is 11.5 Å². The second-order valence-electron chi connectivity index (χ2n) is 2.23. The summed E-state index contributed by atoms with van der Waals surface area (Å²) >= 11 is 0. The van der Waals surface area contributed by atoms with Crippen LogP contribution in [-0.4, -0.2) is 14.2 Å². The van der Waals surface area contributed by atoms with Crippen molar-refractivity contribution in [3.8, 4) is 0 Å². The molecule has 0 saturated heterocycles. The number of sulfone groups is 1. The molecule has 1 heterocycles. The zero-order chi connectivity index (χ0) is 8.74. The lowest BCUT2D eigenvalue weighted by Gasteiger charge is -1.90. The van der Waals surface area contributed by atoms with Gasteiger partial charge >= 0.3 is 0 Å². The Morgan fingerprint density at radius 1 is 1.18 bits per heavy atom. The van der Waals surface area contributed by atoms with Crippen molar-refractivity contribution in [3.05, 3.63) is 11.5 Å². The van der Waals surface area contributed by atoms with E-state index in [-0.39, 0.29) is 0 Å². The fourth-order valence-corrected chi connectivity index (χ4v) is 2.02. The Morgan fingerprint density at radius 2 is 1.82 bits per heavy atom. The van der Waals surface area contributed by atoms with E-state index >= 15 is 0 Å². The Kier molecular flexibility index (Phi) is 5.20. The standard InChI is InChI=1S/C6H10O2S.C2H6/c7-9(8)5-3-1-2-4-6-9;1-2/h3,5H,1-2,4,6H2;1-2H3. The summed E-state index contributed by atoms with van der Waals surface area (Å²) in [4.78, 5) is 0. The maximum Gasteiger partial charge on any atom is 0.171 e. The normalized spacial score (nSPS) is 21.3. The highest BCUT2D eigenvalue weighted by molar-refractivity contribution is 7.94. The van der Waals surface area contributed by atoms with Crippen molar-refractivity contribution in [2.24, 2.45) is 0 Å². The van der Waals surface area contributed by atoms with Crippen LogP contribution in [0.2, 0.25) is 0 Å². The predicted octanol–water partition coefficient (Wildman–Crippen LogP) is 2.12. The second kappa shape index (κ2) is 5.35. The molecule has 0 bridgehead atoms. The summed E-state index contributed by atoms with van der Waals surface area (Å²) in [6, 6.07) is 0. The molecular weight excluding hydrogens is 160 g/mol. The Hall–Kier alpha value is -0.310. The molecule has 0 spiro atoms. The summed E-state index contributed by atoms with van der Waals surface area (Å²) in [5.41, 5.74) is 0. The third-order valence-electron chi connectivity index (χ3n) is 1.35. The maximum absolute atomic E-state index is 10.8. The van der Waals surface area contributed by atoms with E-state index in [4.69, 9.17) is 0 Å². The van der Waals surface area contributed by atoms with Crippen molar-refractivity contribution in [2.75, 3.05) is 5.75 Å². The van der Waals surface area contributed by atoms with Crippen LogP contribution in [0.3, 0.4) is 0 Å². The Bertz CT molecular complexity index is 202. The van der Waals surface area contributed by atoms with Gasteiger partial charge in [0.1, 0.15) is 0 Å². The molecule has 0 atom stereocenters. The summed E-state index contributed by atoms with van der Waals surface area (Å²) in [6.45, 7) is 4.00. The van der Waals surface area contributed by atoms with Crippen LogP contribution in [0.1, 0.15) is 33.1 Å². The van der Waals surface area contributed by atoms with Gasteiger partial charge in [0.05, 0.1) is 5.75 Å². The molecule has 1 aliphatic rings. The number of rotatable bonds is 0. The highest BCUT2D eigenvalue weighted by Gasteiger charge is 2.06. The lowest BCUT2D eigenvalue weighted by Crippen LogP contribution is -1.98. The molecule has 0 aromatic heterocycles. The fourth-order valence-electron chi connectivity index (χ4n) is 0.848. The molecule has 1 rings (SSSR count). The average molecular weight is 176 g/mol. The molecule has 66 valence electrons. The maximum atomic E-state index is 10.8. The Balaban J connectivity index is 0.000000461. The van der Waals surface area contributed by atoms with Gasteiger partial charge in [0.2, 0.25) is 0 Å². The first-order valence-corrected chi connectivity index (χ1v) is 5.81. The first kappa shape index (κ1) is 10.7. The van der Waals surface area contributed by atoms with Gasteiger partial charge in [0.15, 0.2) is 9.84 Å². The van der Waals surface area contributed by atoms with Crippen molar-refractivity contribution in [1.29, 1.82) is 0 Å². The molecule has 0 aromatic rings. The van der Waals surface area contributed by atoms with Crippen LogP contribution in [-0.2, 0) is 9.84 Å². The minimum atomic E-state index is -2.80. The molecule has 0 radical (unpaired) electrons. The van der Waals surface area contributed by atoms with E-state index in [1.165, 1.54) is 5.41 Å². The number of allylic oxidation sites excluding steroid dienone is 1. The predicted molar refractivity (Wildman–Crippen MR) is 48.1 cm³/mol. The lowest BCUT2D eigenvalue weighted by atomic mass is 10.3. The van der Waals surface area contributed by atoms with Gasteiger partial charge in [0.25, 0.3) is 0 Å². The summed E-state index contributed by atoms with van der Waals surface area (Å²) in [5.74, 6) is 0.337. The molecule has 0 N–H and O–H groups in total. The van der Waals surface area contributed by atoms with Crippen LogP contribution < -0.4 is 0 Å². The quantitative estimate of drug-likeness (QED) is 0.566. The van der Waals surface area contributed by atoms with Gasteiger partial charge in [-0.2, -0.15) is 0 Å². The van der Waals surface area contributed by atoms with Gasteiger partial charge < -0.3 is 0 Å². The van der Waals surface area contributed by atoms with E-state index in [1.54, 1.807) is 6.08 Å². The molecule has 0 aromatic carbocycles. The minimum absolute atomic E-state index is 0.337. The van der Waals surface area contributed by atoms with Crippen LogP contribution >= 0.6 is 0 Å². The van der Waals surface area contributed by atoms with Crippen LogP contribution in [0.25, 0.3) is 0 Å². The number of hydrogen-bond donors (Lipinski definition) is 0. The smallest absolute Gasteiger partial charge is 0.171 e. The van der Waals surface area contributed by atoms with Gasteiger partial charge in [-0.1, -0.05) is 19.9 Å². The van der Waals surface area contributed by atoms with Gasteiger partial charge in [-0.15, -0.1) is 0 Å². The van der Waals surface area contributed by atoms with Crippen LogP contribution in [0, 0.1) is 0 Å². The van der Waals surface area contributed by atoms with Gasteiger partial charge in [0, 0.05) is 5.41 Å². The van der Waals surface area contributed by atoms with Crippen LogP contribution in [0.5, 0.6) is 0 Å². The van der Waals surface area contributed by atoms with E-state index in [0.717, 1.165) is 19.3 Å². The SMILES string of the molecule is CC.O=S1(=O)C=CCCCC1. The fraction of sp³-hybridized carbons (Fsp3) is 0.750. The molecule has 3 heteroatoms. The Labute approximate surface area is 69.2 Å². The molecule has 0 aliphatic carbocycles. The van der Waals surface area contributed by atoms with Crippen molar-refractivity contribution in [3.63, 3.8) is 0 Å². The zero-order valence-corrected chi connectivity index (χ0v) is 8.02. The zero-order valence-electron chi connectivity index (χ0n) is 7.21. The summed E-state index contributed by atoms with van der Waals surface area (Å²) < 4.78 is 21.6. The summed E-state index contributed by atoms with van der Waals surface area (Å²) in [5, 5.41) is 1.33. The van der Waals surface area contributed by atoms with Gasteiger partial charge in [-0.05, 0) is 19.3 Å². The van der Waals surface area contributed by atoms with E-state index < -0.39 is 9.84 Å². The summed E-state index contributed by atoms with van der Waals surface area (Å²) in [7, 11) is -2.80. The second-order valence-corrected chi connectivity index (χ2v) is 4.24.